The fourth-order valence-electron chi connectivity index (χ4n) is 1.91. The van der Waals surface area contributed by atoms with Gasteiger partial charge < -0.3 is 0 Å². The minimum absolute atomic E-state index is 0.427. The van der Waals surface area contributed by atoms with E-state index in [0.29, 0.717) is 5.56 Å². The second-order valence-electron chi connectivity index (χ2n) is 3.65. The Balaban J connectivity index is 2.28. The molecule has 0 aromatic heterocycles. The van der Waals surface area contributed by atoms with E-state index in [1.807, 2.05) is 0 Å². The highest BCUT2D eigenvalue weighted by molar-refractivity contribution is 5.85. The summed E-state index contributed by atoms with van der Waals surface area (Å²) in [5.74, 6) is -5.28. The van der Waals surface area contributed by atoms with E-state index in [0.717, 1.165) is 0 Å². The van der Waals surface area contributed by atoms with Gasteiger partial charge >= 0.3 is 0 Å². The molecule has 1 fully saturated rings. The molecule has 0 spiro atoms. The SMILES string of the molecule is CC(=O)[C@H]1[C@@H](c2ccccc2)C1(F)F. The number of hydrogen-bond donors (Lipinski definition) is 0. The average molecular weight is 196 g/mol. The highest BCUT2D eigenvalue weighted by Crippen LogP contribution is 2.61. The molecule has 1 saturated carbocycles. The van der Waals surface area contributed by atoms with Gasteiger partial charge in [0.05, 0.1) is 11.8 Å². The van der Waals surface area contributed by atoms with Gasteiger partial charge in [-0.25, -0.2) is 8.78 Å². The topological polar surface area (TPSA) is 17.1 Å². The maximum Gasteiger partial charge on any atom is 0.266 e. The molecule has 1 aliphatic rings. The maximum atomic E-state index is 13.2. The Hall–Kier alpha value is -1.25. The number of alkyl halides is 2. The monoisotopic (exact) mass is 196 g/mol. The van der Waals surface area contributed by atoms with Crippen LogP contribution in [0.3, 0.4) is 0 Å². The molecule has 0 saturated heterocycles. The zero-order valence-electron chi connectivity index (χ0n) is 7.71. The first-order valence-electron chi connectivity index (χ1n) is 4.48. The smallest absolute Gasteiger partial charge is 0.266 e. The van der Waals surface area contributed by atoms with E-state index >= 15 is 0 Å². The number of hydrogen-bond acceptors (Lipinski definition) is 1. The molecule has 0 radical (unpaired) electrons. The van der Waals surface area contributed by atoms with Gasteiger partial charge in [0.15, 0.2) is 0 Å². The summed E-state index contributed by atoms with van der Waals surface area (Å²) in [6.07, 6.45) is 0. The maximum absolute atomic E-state index is 13.2. The molecule has 0 aliphatic heterocycles. The van der Waals surface area contributed by atoms with Crippen molar-refractivity contribution in [3.8, 4) is 0 Å². The Morgan fingerprint density at radius 2 is 1.86 bits per heavy atom. The van der Waals surface area contributed by atoms with Crippen LogP contribution in [0, 0.1) is 5.92 Å². The molecule has 1 aromatic rings. The van der Waals surface area contributed by atoms with Gasteiger partial charge in [0.1, 0.15) is 5.78 Å². The van der Waals surface area contributed by atoms with Crippen LogP contribution in [0.25, 0.3) is 0 Å². The molecule has 1 aliphatic carbocycles. The number of Topliss-reactive ketones (excluding diaryl/α,β-unsaturated/α-hetero) is 1. The van der Waals surface area contributed by atoms with Crippen LogP contribution in [0.1, 0.15) is 18.4 Å². The van der Waals surface area contributed by atoms with E-state index < -0.39 is 23.5 Å². The molecule has 1 nitrogen and oxygen atoms in total. The van der Waals surface area contributed by atoms with E-state index in [1.165, 1.54) is 6.92 Å². The van der Waals surface area contributed by atoms with Crippen molar-refractivity contribution in [2.45, 2.75) is 18.8 Å². The quantitative estimate of drug-likeness (QED) is 0.710. The molecular weight excluding hydrogens is 186 g/mol. The fraction of sp³-hybridized carbons (Fsp3) is 0.364. The zero-order chi connectivity index (χ0) is 10.3. The van der Waals surface area contributed by atoms with Crippen molar-refractivity contribution in [3.63, 3.8) is 0 Å². The summed E-state index contributed by atoms with van der Waals surface area (Å²) in [5, 5.41) is 0. The Bertz CT molecular complexity index is 359. The van der Waals surface area contributed by atoms with Crippen LogP contribution >= 0.6 is 0 Å². The Morgan fingerprint density at radius 1 is 1.29 bits per heavy atom. The molecular formula is C11H10F2O. The van der Waals surface area contributed by atoms with Crippen LogP contribution < -0.4 is 0 Å². The van der Waals surface area contributed by atoms with Crippen molar-refractivity contribution in [3.05, 3.63) is 35.9 Å². The molecule has 1 aromatic carbocycles. The Kier molecular flexibility index (Phi) is 1.91. The lowest BCUT2D eigenvalue weighted by molar-refractivity contribution is -0.120. The van der Waals surface area contributed by atoms with E-state index in [4.69, 9.17) is 0 Å². The van der Waals surface area contributed by atoms with E-state index in [9.17, 15) is 13.6 Å². The summed E-state index contributed by atoms with van der Waals surface area (Å²) in [5.41, 5.74) is 0.553. The van der Waals surface area contributed by atoms with Crippen molar-refractivity contribution in [2.75, 3.05) is 0 Å². The van der Waals surface area contributed by atoms with Gasteiger partial charge in [-0.2, -0.15) is 0 Å². The second kappa shape index (κ2) is 2.87. The molecule has 0 amide bonds. The Morgan fingerprint density at radius 3 is 2.29 bits per heavy atom. The van der Waals surface area contributed by atoms with Gasteiger partial charge in [-0.1, -0.05) is 30.3 Å². The molecule has 0 heterocycles. The minimum Gasteiger partial charge on any atom is -0.299 e. The largest absolute Gasteiger partial charge is 0.299 e. The van der Waals surface area contributed by atoms with Crippen LogP contribution in [0.15, 0.2) is 30.3 Å². The van der Waals surface area contributed by atoms with E-state index in [1.54, 1.807) is 30.3 Å². The fourth-order valence-corrected chi connectivity index (χ4v) is 1.91. The molecule has 0 unspecified atom stereocenters. The molecule has 0 N–H and O–H groups in total. The van der Waals surface area contributed by atoms with Gasteiger partial charge in [0, 0.05) is 0 Å². The number of rotatable bonds is 2. The second-order valence-corrected chi connectivity index (χ2v) is 3.65. The van der Waals surface area contributed by atoms with Crippen LogP contribution in [0.5, 0.6) is 0 Å². The van der Waals surface area contributed by atoms with Crippen molar-refractivity contribution in [1.29, 1.82) is 0 Å². The highest BCUT2D eigenvalue weighted by Gasteiger charge is 2.70. The number of halogens is 2. The molecule has 2 atom stereocenters. The van der Waals surface area contributed by atoms with Crippen LogP contribution in [0.2, 0.25) is 0 Å². The minimum atomic E-state index is -2.84. The summed E-state index contributed by atoms with van der Waals surface area (Å²) >= 11 is 0. The third-order valence-electron chi connectivity index (χ3n) is 2.65. The molecule has 14 heavy (non-hydrogen) atoms. The first-order chi connectivity index (χ1) is 6.55. The molecule has 0 bridgehead atoms. The van der Waals surface area contributed by atoms with Gasteiger partial charge in [-0.15, -0.1) is 0 Å². The van der Waals surface area contributed by atoms with Gasteiger partial charge in [-0.05, 0) is 12.5 Å². The van der Waals surface area contributed by atoms with Gasteiger partial charge in [-0.3, -0.25) is 4.79 Å². The lowest BCUT2D eigenvalue weighted by Crippen LogP contribution is -2.01. The lowest BCUT2D eigenvalue weighted by atomic mass is 10.1. The summed E-state index contributed by atoms with van der Waals surface area (Å²) in [6, 6.07) is 8.47. The normalized spacial score (nSPS) is 28.5. The zero-order valence-corrected chi connectivity index (χ0v) is 7.71. The molecule has 2 rings (SSSR count). The van der Waals surface area contributed by atoms with E-state index in [2.05, 4.69) is 0 Å². The predicted molar refractivity (Wildman–Crippen MR) is 48.3 cm³/mol. The number of ketones is 1. The summed E-state index contributed by atoms with van der Waals surface area (Å²) < 4.78 is 26.4. The van der Waals surface area contributed by atoms with Crippen LogP contribution in [-0.2, 0) is 4.79 Å². The van der Waals surface area contributed by atoms with Crippen LogP contribution in [0.4, 0.5) is 8.78 Å². The summed E-state index contributed by atoms with van der Waals surface area (Å²) in [6.45, 7) is 1.22. The average Bonchev–Trinajstić information content (AvgIpc) is 2.71. The highest BCUT2D eigenvalue weighted by atomic mass is 19.3. The standard InChI is InChI=1S/C11H10F2O/c1-7(14)9-10(11(9,12)13)8-5-3-2-4-6-8/h2-6,9-10H,1H3/t9-,10+/m0/s1. The number of benzene rings is 1. The van der Waals surface area contributed by atoms with Crippen molar-refractivity contribution < 1.29 is 13.6 Å². The number of carbonyl (C=O) groups excluding carboxylic acids is 1. The van der Waals surface area contributed by atoms with Gasteiger partial charge in [0.25, 0.3) is 5.92 Å². The van der Waals surface area contributed by atoms with Crippen molar-refractivity contribution in [2.24, 2.45) is 5.92 Å². The molecule has 3 heteroatoms. The first kappa shape index (κ1) is 9.31. The lowest BCUT2D eigenvalue weighted by Gasteiger charge is -1.96. The molecule has 74 valence electrons. The summed E-state index contributed by atoms with van der Waals surface area (Å²) in [4.78, 5) is 10.9. The van der Waals surface area contributed by atoms with E-state index in [-0.39, 0.29) is 0 Å². The first-order valence-corrected chi connectivity index (χ1v) is 4.48. The number of carbonyl (C=O) groups is 1. The van der Waals surface area contributed by atoms with Gasteiger partial charge in [0.2, 0.25) is 0 Å². The van der Waals surface area contributed by atoms with Crippen LogP contribution in [-0.4, -0.2) is 11.7 Å². The Labute approximate surface area is 80.7 Å². The predicted octanol–water partition coefficient (Wildman–Crippen LogP) is 2.62. The van der Waals surface area contributed by atoms with Crippen molar-refractivity contribution in [1.82, 2.24) is 0 Å². The summed E-state index contributed by atoms with van der Waals surface area (Å²) in [7, 11) is 0. The third kappa shape index (κ3) is 1.24. The third-order valence-corrected chi connectivity index (χ3v) is 2.65. The van der Waals surface area contributed by atoms with Crippen molar-refractivity contribution >= 4 is 5.78 Å².